The van der Waals surface area contributed by atoms with Crippen LogP contribution in [0.1, 0.15) is 12.2 Å². The zero-order valence-corrected chi connectivity index (χ0v) is 9.25. The maximum Gasteiger partial charge on any atom is 0.441 e. The molecule has 0 spiro atoms. The van der Waals surface area contributed by atoms with Gasteiger partial charge in [-0.15, -0.1) is 0 Å². The fourth-order valence-electron chi connectivity index (χ4n) is 0.994. The van der Waals surface area contributed by atoms with E-state index in [1.807, 2.05) is 0 Å². The molecule has 0 saturated heterocycles. The predicted molar refractivity (Wildman–Crippen MR) is 53.1 cm³/mol. The lowest BCUT2D eigenvalue weighted by Crippen LogP contribution is -2.15. The van der Waals surface area contributed by atoms with E-state index in [2.05, 4.69) is 25.6 Å². The van der Waals surface area contributed by atoms with Crippen molar-refractivity contribution in [1.82, 2.24) is 9.72 Å². The molecule has 6 heteroatoms. The summed E-state index contributed by atoms with van der Waals surface area (Å²) in [4.78, 5) is 11.0. The number of aryl methyl sites for hydroxylation is 1. The Bertz CT molecular complexity index is 383. The minimum atomic E-state index is -0.504. The minimum Gasteiger partial charge on any atom is -0.296 e. The van der Waals surface area contributed by atoms with Crippen LogP contribution in [0.3, 0.4) is 0 Å². The summed E-state index contributed by atoms with van der Waals surface area (Å²) in [6.07, 6.45) is 1.87. The molecule has 14 heavy (non-hydrogen) atoms. The number of aromatic nitrogens is 2. The first-order chi connectivity index (χ1) is 6.65. The van der Waals surface area contributed by atoms with Crippen molar-refractivity contribution in [2.75, 3.05) is 5.33 Å². The first-order valence-corrected chi connectivity index (χ1v) is 5.21. The van der Waals surface area contributed by atoms with E-state index in [0.717, 1.165) is 0 Å². The van der Waals surface area contributed by atoms with Gasteiger partial charge in [-0.3, -0.25) is 9.09 Å². The van der Waals surface area contributed by atoms with E-state index in [0.29, 0.717) is 18.8 Å². The molecule has 1 rings (SSSR count). The molecule has 0 amide bonds. The van der Waals surface area contributed by atoms with E-state index >= 15 is 0 Å². The molecule has 0 aliphatic heterocycles. The summed E-state index contributed by atoms with van der Waals surface area (Å²) in [6, 6.07) is 0. The SMILES string of the molecule is Cc1noc(=O)n1CC/C=C(/F)CBr. The molecular formula is C8H10BrFN2O2. The first kappa shape index (κ1) is 11.2. The van der Waals surface area contributed by atoms with Gasteiger partial charge < -0.3 is 0 Å². The number of hydrogen-bond acceptors (Lipinski definition) is 3. The zero-order chi connectivity index (χ0) is 10.6. The average molecular weight is 265 g/mol. The second kappa shape index (κ2) is 5.09. The number of hydrogen-bond donors (Lipinski definition) is 0. The van der Waals surface area contributed by atoms with Crippen molar-refractivity contribution in [2.24, 2.45) is 0 Å². The maximum atomic E-state index is 12.6. The smallest absolute Gasteiger partial charge is 0.296 e. The average Bonchev–Trinajstić information content (AvgIpc) is 2.48. The molecule has 0 atom stereocenters. The summed E-state index contributed by atoms with van der Waals surface area (Å²) in [6.45, 7) is 2.05. The Morgan fingerprint density at radius 3 is 3.00 bits per heavy atom. The Morgan fingerprint density at radius 2 is 2.50 bits per heavy atom. The molecule has 0 aliphatic carbocycles. The van der Waals surface area contributed by atoms with Crippen molar-refractivity contribution < 1.29 is 8.91 Å². The van der Waals surface area contributed by atoms with Crippen LogP contribution >= 0.6 is 15.9 Å². The minimum absolute atomic E-state index is 0.199. The summed E-state index contributed by atoms with van der Waals surface area (Å²) >= 11 is 2.98. The number of halogens is 2. The highest BCUT2D eigenvalue weighted by Gasteiger charge is 2.04. The summed E-state index contributed by atoms with van der Waals surface area (Å²) in [5.41, 5.74) is 0. The lowest BCUT2D eigenvalue weighted by atomic mass is 10.3. The third kappa shape index (κ3) is 2.80. The molecule has 0 saturated carbocycles. The Labute approximate surface area is 88.5 Å². The standard InChI is InChI=1S/C8H10BrFN2O2/c1-6-11-14-8(13)12(6)4-2-3-7(10)5-9/h3H,2,4-5H2,1H3/b7-3+. The molecule has 0 aliphatic rings. The molecule has 78 valence electrons. The van der Waals surface area contributed by atoms with Crippen LogP contribution in [0.4, 0.5) is 4.39 Å². The number of allylic oxidation sites excluding steroid dienone is 2. The van der Waals surface area contributed by atoms with E-state index < -0.39 is 5.76 Å². The quantitative estimate of drug-likeness (QED) is 0.779. The molecule has 0 radical (unpaired) electrons. The van der Waals surface area contributed by atoms with Gasteiger partial charge in [0.2, 0.25) is 0 Å². The van der Waals surface area contributed by atoms with Gasteiger partial charge in [-0.25, -0.2) is 9.18 Å². The van der Waals surface area contributed by atoms with E-state index in [4.69, 9.17) is 0 Å². The summed E-state index contributed by atoms with van der Waals surface area (Å²) in [5, 5.41) is 3.68. The molecule has 1 aromatic heterocycles. The largest absolute Gasteiger partial charge is 0.441 e. The lowest BCUT2D eigenvalue weighted by molar-refractivity contribution is 0.374. The normalized spacial score (nSPS) is 12.1. The van der Waals surface area contributed by atoms with E-state index in [9.17, 15) is 9.18 Å². The first-order valence-electron chi connectivity index (χ1n) is 4.08. The Morgan fingerprint density at radius 1 is 1.79 bits per heavy atom. The number of alkyl halides is 1. The monoisotopic (exact) mass is 264 g/mol. The maximum absolute atomic E-state index is 12.6. The van der Waals surface area contributed by atoms with Crippen LogP contribution in [0.5, 0.6) is 0 Å². The van der Waals surface area contributed by atoms with Crippen LogP contribution in [0.2, 0.25) is 0 Å². The van der Waals surface area contributed by atoms with Gasteiger partial charge in [-0.1, -0.05) is 27.2 Å². The lowest BCUT2D eigenvalue weighted by Gasteiger charge is -1.97. The van der Waals surface area contributed by atoms with Crippen LogP contribution in [0.15, 0.2) is 21.2 Å². The highest BCUT2D eigenvalue weighted by Crippen LogP contribution is 2.03. The second-order valence-electron chi connectivity index (χ2n) is 2.72. The third-order valence-electron chi connectivity index (χ3n) is 1.71. The molecule has 0 unspecified atom stereocenters. The number of nitrogens with zero attached hydrogens (tertiary/aromatic N) is 2. The van der Waals surface area contributed by atoms with Gasteiger partial charge in [0.1, 0.15) is 5.83 Å². The molecule has 4 nitrogen and oxygen atoms in total. The van der Waals surface area contributed by atoms with Gasteiger partial charge in [0.25, 0.3) is 0 Å². The topological polar surface area (TPSA) is 48.0 Å². The van der Waals surface area contributed by atoms with E-state index in [-0.39, 0.29) is 11.2 Å². The Kier molecular flexibility index (Phi) is 4.06. The summed E-state index contributed by atoms with van der Waals surface area (Å²) in [5.74, 6) is -0.245. The van der Waals surface area contributed by atoms with Gasteiger partial charge in [0.15, 0.2) is 5.82 Å². The van der Waals surface area contributed by atoms with E-state index in [1.165, 1.54) is 10.6 Å². The van der Waals surface area contributed by atoms with Gasteiger partial charge >= 0.3 is 5.76 Å². The second-order valence-corrected chi connectivity index (χ2v) is 3.28. The van der Waals surface area contributed by atoms with Crippen LogP contribution in [-0.4, -0.2) is 15.1 Å². The van der Waals surface area contributed by atoms with Crippen molar-refractivity contribution in [2.45, 2.75) is 19.9 Å². The summed E-state index contributed by atoms with van der Waals surface area (Å²) < 4.78 is 18.4. The van der Waals surface area contributed by atoms with Crippen LogP contribution < -0.4 is 5.76 Å². The van der Waals surface area contributed by atoms with Crippen molar-refractivity contribution in [3.63, 3.8) is 0 Å². The third-order valence-corrected chi connectivity index (χ3v) is 2.25. The summed E-state index contributed by atoms with van der Waals surface area (Å²) in [7, 11) is 0. The molecule has 0 fully saturated rings. The van der Waals surface area contributed by atoms with Gasteiger partial charge in [-0.05, 0) is 13.3 Å². The van der Waals surface area contributed by atoms with Crippen molar-refractivity contribution in [3.05, 3.63) is 28.3 Å². The highest BCUT2D eigenvalue weighted by molar-refractivity contribution is 9.09. The fourth-order valence-corrected chi connectivity index (χ4v) is 1.22. The predicted octanol–water partition coefficient (Wildman–Crippen LogP) is 1.78. The molecule has 1 heterocycles. The van der Waals surface area contributed by atoms with Gasteiger partial charge in [0, 0.05) is 6.54 Å². The zero-order valence-electron chi connectivity index (χ0n) is 7.67. The van der Waals surface area contributed by atoms with Crippen molar-refractivity contribution in [1.29, 1.82) is 0 Å². The van der Waals surface area contributed by atoms with Crippen LogP contribution in [-0.2, 0) is 6.54 Å². The molecule has 0 aromatic carbocycles. The molecule has 0 bridgehead atoms. The van der Waals surface area contributed by atoms with Gasteiger partial charge in [-0.2, -0.15) is 0 Å². The fraction of sp³-hybridized carbons (Fsp3) is 0.500. The Balaban J connectivity index is 2.58. The van der Waals surface area contributed by atoms with Gasteiger partial charge in [0.05, 0.1) is 5.33 Å². The number of rotatable bonds is 4. The molecule has 1 aromatic rings. The van der Waals surface area contributed by atoms with Crippen LogP contribution in [0.25, 0.3) is 0 Å². The van der Waals surface area contributed by atoms with Crippen molar-refractivity contribution >= 4 is 15.9 Å². The molecular weight excluding hydrogens is 255 g/mol. The Hall–Kier alpha value is -0.910. The molecule has 0 N–H and O–H groups in total. The van der Waals surface area contributed by atoms with Crippen molar-refractivity contribution in [3.8, 4) is 0 Å². The highest BCUT2D eigenvalue weighted by atomic mass is 79.9. The van der Waals surface area contributed by atoms with E-state index in [1.54, 1.807) is 6.92 Å². The van der Waals surface area contributed by atoms with Crippen LogP contribution in [0, 0.1) is 6.92 Å².